The summed E-state index contributed by atoms with van der Waals surface area (Å²) in [5.74, 6) is 0.679. The smallest absolute Gasteiger partial charge is 0.223 e. The van der Waals surface area contributed by atoms with Crippen molar-refractivity contribution in [3.05, 3.63) is 35.9 Å². The van der Waals surface area contributed by atoms with Crippen LogP contribution in [0.25, 0.3) is 0 Å². The van der Waals surface area contributed by atoms with Crippen LogP contribution in [0.3, 0.4) is 0 Å². The number of benzene rings is 1. The largest absolute Gasteiger partial charge is 0.346 e. The first-order chi connectivity index (χ1) is 10.7. The second kappa shape index (κ2) is 8.72. The van der Waals surface area contributed by atoms with Gasteiger partial charge in [0.05, 0.1) is 6.04 Å². The van der Waals surface area contributed by atoms with Gasteiger partial charge in [-0.05, 0) is 24.3 Å². The Kier molecular flexibility index (Phi) is 6.63. The first-order valence-corrected chi connectivity index (χ1v) is 8.48. The number of hydrogen-bond donors (Lipinski definition) is 1. The zero-order chi connectivity index (χ0) is 15.8. The Morgan fingerprint density at radius 2 is 1.91 bits per heavy atom. The third-order valence-corrected chi connectivity index (χ3v) is 4.65. The summed E-state index contributed by atoms with van der Waals surface area (Å²) in [6, 6.07) is 9.38. The van der Waals surface area contributed by atoms with Crippen LogP contribution in [0.5, 0.6) is 0 Å². The van der Waals surface area contributed by atoms with Crippen LogP contribution in [0.4, 0.5) is 0 Å². The first kappa shape index (κ1) is 16.7. The van der Waals surface area contributed by atoms with Gasteiger partial charge in [-0.3, -0.25) is 4.79 Å². The molecule has 1 aromatic rings. The number of nitrogens with one attached hydrogen (secondary N) is 1. The van der Waals surface area contributed by atoms with Gasteiger partial charge in [0.15, 0.2) is 0 Å². The maximum Gasteiger partial charge on any atom is 0.223 e. The summed E-state index contributed by atoms with van der Waals surface area (Å²) in [6.07, 6.45) is 8.78. The fraction of sp³-hybridized carbons (Fsp3) is 0.579. The highest BCUT2D eigenvalue weighted by atomic mass is 16.2. The summed E-state index contributed by atoms with van der Waals surface area (Å²) < 4.78 is 0. The Balaban J connectivity index is 1.81. The van der Waals surface area contributed by atoms with Crippen molar-refractivity contribution in [2.24, 2.45) is 11.8 Å². The maximum atomic E-state index is 12.3. The van der Waals surface area contributed by atoms with Crippen LogP contribution in [0.2, 0.25) is 0 Å². The van der Waals surface area contributed by atoms with Crippen LogP contribution in [0.15, 0.2) is 30.3 Å². The fourth-order valence-corrected chi connectivity index (χ4v) is 3.36. The highest BCUT2D eigenvalue weighted by molar-refractivity contribution is 5.81. The van der Waals surface area contributed by atoms with Gasteiger partial charge in [-0.1, -0.05) is 69.4 Å². The molecule has 1 aliphatic rings. The zero-order valence-corrected chi connectivity index (χ0v) is 13.5. The van der Waals surface area contributed by atoms with E-state index in [0.717, 1.165) is 18.3 Å². The quantitative estimate of drug-likeness (QED) is 0.783. The molecule has 1 fully saturated rings. The van der Waals surface area contributed by atoms with Crippen molar-refractivity contribution in [2.45, 2.75) is 57.9 Å². The third-order valence-electron chi connectivity index (χ3n) is 4.65. The van der Waals surface area contributed by atoms with Crippen molar-refractivity contribution in [1.82, 2.24) is 5.32 Å². The molecule has 22 heavy (non-hydrogen) atoms. The lowest BCUT2D eigenvalue weighted by Gasteiger charge is -2.25. The molecule has 2 atom stereocenters. The predicted molar refractivity (Wildman–Crippen MR) is 88.5 cm³/mol. The van der Waals surface area contributed by atoms with Gasteiger partial charge in [-0.25, -0.2) is 0 Å². The summed E-state index contributed by atoms with van der Waals surface area (Å²) >= 11 is 0. The van der Waals surface area contributed by atoms with E-state index in [-0.39, 0.29) is 11.8 Å². The van der Waals surface area contributed by atoms with E-state index < -0.39 is 6.04 Å². The lowest BCUT2D eigenvalue weighted by molar-refractivity contribution is -0.127. The van der Waals surface area contributed by atoms with Gasteiger partial charge in [0.1, 0.15) is 6.29 Å². The van der Waals surface area contributed by atoms with E-state index in [0.29, 0.717) is 12.3 Å². The van der Waals surface area contributed by atoms with Gasteiger partial charge >= 0.3 is 0 Å². The van der Waals surface area contributed by atoms with Gasteiger partial charge in [0.25, 0.3) is 0 Å². The molecule has 0 heterocycles. The number of aldehydes is 1. The Morgan fingerprint density at radius 1 is 1.23 bits per heavy atom. The molecule has 0 aromatic heterocycles. The monoisotopic (exact) mass is 301 g/mol. The van der Waals surface area contributed by atoms with E-state index in [1.165, 1.54) is 32.1 Å². The molecule has 1 saturated carbocycles. The van der Waals surface area contributed by atoms with Gasteiger partial charge < -0.3 is 10.1 Å². The highest BCUT2D eigenvalue weighted by Gasteiger charge is 2.22. The molecule has 3 heteroatoms. The second-order valence-corrected chi connectivity index (χ2v) is 6.58. The van der Waals surface area contributed by atoms with Gasteiger partial charge in [-0.15, -0.1) is 0 Å². The Bertz CT molecular complexity index is 466. The summed E-state index contributed by atoms with van der Waals surface area (Å²) in [5.41, 5.74) is 1.07. The normalized spacial score (nSPS) is 18.4. The van der Waals surface area contributed by atoms with Crippen LogP contribution < -0.4 is 5.32 Å². The minimum Gasteiger partial charge on any atom is -0.346 e. The standard InChI is InChI=1S/C19H27NO2/c1-15(12-16-8-4-2-5-9-16)19(22)20-18(14-21)13-17-10-6-3-7-11-17/h3,6-7,10-11,14-16,18H,2,4-5,8-9,12-13H2,1H3,(H,20,22)/t15-,18+/m0/s1. The minimum atomic E-state index is -0.427. The van der Waals surface area contributed by atoms with Crippen LogP contribution in [-0.4, -0.2) is 18.2 Å². The number of carbonyl (C=O) groups excluding carboxylic acids is 2. The summed E-state index contributed by atoms with van der Waals surface area (Å²) in [5, 5.41) is 2.90. The number of carbonyl (C=O) groups is 2. The zero-order valence-electron chi connectivity index (χ0n) is 13.5. The molecule has 0 unspecified atom stereocenters. The molecule has 2 rings (SSSR count). The minimum absolute atomic E-state index is 0.0126. The Morgan fingerprint density at radius 3 is 2.55 bits per heavy atom. The van der Waals surface area contributed by atoms with Crippen molar-refractivity contribution in [3.8, 4) is 0 Å². The molecule has 3 nitrogen and oxygen atoms in total. The molecular formula is C19H27NO2. The first-order valence-electron chi connectivity index (χ1n) is 8.48. The summed E-state index contributed by atoms with van der Waals surface area (Å²) in [4.78, 5) is 23.5. The van der Waals surface area contributed by atoms with Crippen LogP contribution in [0.1, 0.15) is 51.0 Å². The summed E-state index contributed by atoms with van der Waals surface area (Å²) in [7, 11) is 0. The van der Waals surface area contributed by atoms with E-state index in [2.05, 4.69) is 5.32 Å². The Hall–Kier alpha value is -1.64. The molecule has 0 bridgehead atoms. The van der Waals surface area contributed by atoms with E-state index in [1.807, 2.05) is 37.3 Å². The van der Waals surface area contributed by atoms with Gasteiger partial charge in [0, 0.05) is 5.92 Å². The molecular weight excluding hydrogens is 274 g/mol. The molecule has 1 N–H and O–H groups in total. The topological polar surface area (TPSA) is 46.2 Å². The van der Waals surface area contributed by atoms with E-state index in [1.54, 1.807) is 0 Å². The maximum absolute atomic E-state index is 12.3. The molecule has 0 spiro atoms. The Labute approximate surface area is 133 Å². The van der Waals surface area contributed by atoms with E-state index in [9.17, 15) is 9.59 Å². The van der Waals surface area contributed by atoms with Crippen LogP contribution in [0, 0.1) is 11.8 Å². The second-order valence-electron chi connectivity index (χ2n) is 6.58. The van der Waals surface area contributed by atoms with E-state index >= 15 is 0 Å². The fourth-order valence-electron chi connectivity index (χ4n) is 3.36. The van der Waals surface area contributed by atoms with Crippen molar-refractivity contribution >= 4 is 12.2 Å². The molecule has 1 aliphatic carbocycles. The third kappa shape index (κ3) is 5.28. The molecule has 0 aliphatic heterocycles. The average Bonchev–Trinajstić information content (AvgIpc) is 2.56. The number of amides is 1. The highest BCUT2D eigenvalue weighted by Crippen LogP contribution is 2.29. The van der Waals surface area contributed by atoms with E-state index in [4.69, 9.17) is 0 Å². The number of hydrogen-bond acceptors (Lipinski definition) is 2. The van der Waals surface area contributed by atoms with Gasteiger partial charge in [-0.2, -0.15) is 0 Å². The van der Waals surface area contributed by atoms with Crippen molar-refractivity contribution in [2.75, 3.05) is 0 Å². The molecule has 1 amide bonds. The predicted octanol–water partition coefficient (Wildman–Crippen LogP) is 3.52. The van der Waals surface area contributed by atoms with Crippen molar-refractivity contribution in [1.29, 1.82) is 0 Å². The molecule has 1 aromatic carbocycles. The lowest BCUT2D eigenvalue weighted by atomic mass is 9.83. The number of rotatable bonds is 7. The summed E-state index contributed by atoms with van der Waals surface area (Å²) in [6.45, 7) is 1.98. The van der Waals surface area contributed by atoms with Crippen molar-refractivity contribution in [3.63, 3.8) is 0 Å². The van der Waals surface area contributed by atoms with Gasteiger partial charge in [0.2, 0.25) is 5.91 Å². The molecule has 120 valence electrons. The van der Waals surface area contributed by atoms with Crippen LogP contribution >= 0.6 is 0 Å². The average molecular weight is 301 g/mol. The van der Waals surface area contributed by atoms with Crippen LogP contribution in [-0.2, 0) is 16.0 Å². The SMILES string of the molecule is C[C@@H](CC1CCCCC1)C(=O)N[C@@H](C=O)Cc1ccccc1. The van der Waals surface area contributed by atoms with Crippen molar-refractivity contribution < 1.29 is 9.59 Å². The molecule has 0 saturated heterocycles. The lowest BCUT2D eigenvalue weighted by Crippen LogP contribution is -2.41. The molecule has 0 radical (unpaired) electrons.